The second-order valence-electron chi connectivity index (χ2n) is 4.66. The average molecular weight is 258 g/mol. The molecule has 0 radical (unpaired) electrons. The molecule has 18 heavy (non-hydrogen) atoms. The fraction of sp³-hybridized carbons (Fsp3) is 0.200. The van der Waals surface area contributed by atoms with Gasteiger partial charge in [0.15, 0.2) is 0 Å². The van der Waals surface area contributed by atoms with Crippen LogP contribution in [-0.2, 0) is 4.43 Å². The zero-order valence-corrected chi connectivity index (χ0v) is 12.0. The topological polar surface area (TPSA) is 18.5 Å². The van der Waals surface area contributed by atoms with Gasteiger partial charge < -0.3 is 9.16 Å². The summed E-state index contributed by atoms with van der Waals surface area (Å²) >= 11 is 0. The fourth-order valence-electron chi connectivity index (χ4n) is 1.68. The van der Waals surface area contributed by atoms with Crippen molar-refractivity contribution in [3.05, 3.63) is 54.6 Å². The molecule has 0 aliphatic heterocycles. The predicted octanol–water partition coefficient (Wildman–Crippen LogP) is 3.54. The van der Waals surface area contributed by atoms with Gasteiger partial charge in [-0.25, -0.2) is 0 Å². The molecular weight excluding hydrogens is 240 g/mol. The standard InChI is InChI=1S/C15H18O2Si/c1-16-18(2,3)15-11-7-10-14(12-15)17-13-8-5-4-6-9-13/h4-12H,1-3H3. The fourth-order valence-corrected chi connectivity index (χ4v) is 2.90. The highest BCUT2D eigenvalue weighted by atomic mass is 28.4. The van der Waals surface area contributed by atoms with Crippen LogP contribution in [0.3, 0.4) is 0 Å². The first-order valence-electron chi connectivity index (χ1n) is 6.00. The van der Waals surface area contributed by atoms with E-state index in [2.05, 4.69) is 25.2 Å². The lowest BCUT2D eigenvalue weighted by Crippen LogP contribution is -2.43. The number of para-hydroxylation sites is 1. The third-order valence-electron chi connectivity index (χ3n) is 3.02. The molecule has 0 aromatic heterocycles. The molecule has 0 unspecified atom stereocenters. The predicted molar refractivity (Wildman–Crippen MR) is 77.1 cm³/mol. The Morgan fingerprint density at radius 3 is 2.17 bits per heavy atom. The van der Waals surface area contributed by atoms with Crippen LogP contribution >= 0.6 is 0 Å². The molecule has 0 aliphatic carbocycles. The minimum Gasteiger partial charge on any atom is -0.457 e. The van der Waals surface area contributed by atoms with E-state index < -0.39 is 8.32 Å². The van der Waals surface area contributed by atoms with E-state index in [9.17, 15) is 0 Å². The highest BCUT2D eigenvalue weighted by Gasteiger charge is 2.23. The van der Waals surface area contributed by atoms with Gasteiger partial charge in [0, 0.05) is 7.11 Å². The largest absolute Gasteiger partial charge is 0.457 e. The van der Waals surface area contributed by atoms with Gasteiger partial charge in [0.05, 0.1) is 0 Å². The summed E-state index contributed by atoms with van der Waals surface area (Å²) in [5.74, 6) is 1.71. The van der Waals surface area contributed by atoms with Crippen molar-refractivity contribution in [2.24, 2.45) is 0 Å². The van der Waals surface area contributed by atoms with Gasteiger partial charge in [0.25, 0.3) is 0 Å². The van der Waals surface area contributed by atoms with Crippen molar-refractivity contribution < 1.29 is 9.16 Å². The van der Waals surface area contributed by atoms with Crippen LogP contribution in [0.25, 0.3) is 0 Å². The average Bonchev–Trinajstić information content (AvgIpc) is 2.40. The van der Waals surface area contributed by atoms with Crippen LogP contribution in [0.5, 0.6) is 11.5 Å². The lowest BCUT2D eigenvalue weighted by molar-refractivity contribution is 0.416. The van der Waals surface area contributed by atoms with E-state index in [4.69, 9.17) is 9.16 Å². The second-order valence-corrected chi connectivity index (χ2v) is 8.66. The van der Waals surface area contributed by atoms with Gasteiger partial charge in [-0.3, -0.25) is 0 Å². The quantitative estimate of drug-likeness (QED) is 0.781. The first-order valence-corrected chi connectivity index (χ1v) is 8.91. The van der Waals surface area contributed by atoms with Crippen molar-refractivity contribution in [3.63, 3.8) is 0 Å². The SMILES string of the molecule is CO[Si](C)(C)c1cccc(Oc2ccccc2)c1. The smallest absolute Gasteiger partial charge is 0.217 e. The molecular formula is C15H18O2Si. The highest BCUT2D eigenvalue weighted by Crippen LogP contribution is 2.20. The third kappa shape index (κ3) is 3.00. The molecule has 2 rings (SSSR count). The molecule has 0 amide bonds. The summed E-state index contributed by atoms with van der Waals surface area (Å²) in [6.07, 6.45) is 0. The van der Waals surface area contributed by atoms with Crippen LogP contribution < -0.4 is 9.92 Å². The van der Waals surface area contributed by atoms with Gasteiger partial charge in [0.2, 0.25) is 8.32 Å². The monoisotopic (exact) mass is 258 g/mol. The first-order chi connectivity index (χ1) is 8.62. The molecule has 0 N–H and O–H groups in total. The molecule has 94 valence electrons. The summed E-state index contributed by atoms with van der Waals surface area (Å²) in [5, 5.41) is 1.23. The van der Waals surface area contributed by atoms with Gasteiger partial charge >= 0.3 is 0 Å². The maximum absolute atomic E-state index is 5.83. The Hall–Kier alpha value is -1.58. The molecule has 0 bridgehead atoms. The van der Waals surface area contributed by atoms with E-state index in [0.717, 1.165) is 11.5 Å². The summed E-state index contributed by atoms with van der Waals surface area (Å²) in [6, 6.07) is 18.0. The van der Waals surface area contributed by atoms with E-state index in [1.165, 1.54) is 5.19 Å². The Labute approximate surface area is 109 Å². The van der Waals surface area contributed by atoms with Gasteiger partial charge in [0.1, 0.15) is 11.5 Å². The molecule has 2 aromatic rings. The molecule has 0 aliphatic rings. The van der Waals surface area contributed by atoms with Crippen LogP contribution in [0.2, 0.25) is 13.1 Å². The number of hydrogen-bond donors (Lipinski definition) is 0. The number of hydrogen-bond acceptors (Lipinski definition) is 2. The lowest BCUT2D eigenvalue weighted by atomic mass is 10.3. The molecule has 0 saturated heterocycles. The molecule has 3 heteroatoms. The van der Waals surface area contributed by atoms with Gasteiger partial charge in [-0.05, 0) is 42.5 Å². The van der Waals surface area contributed by atoms with Gasteiger partial charge in [-0.15, -0.1) is 0 Å². The van der Waals surface area contributed by atoms with Gasteiger partial charge in [-0.2, -0.15) is 0 Å². The highest BCUT2D eigenvalue weighted by molar-refractivity contribution is 6.84. The Morgan fingerprint density at radius 2 is 1.50 bits per heavy atom. The molecule has 0 saturated carbocycles. The summed E-state index contributed by atoms with van der Waals surface area (Å²) < 4.78 is 11.4. The van der Waals surface area contributed by atoms with Crippen molar-refractivity contribution in [3.8, 4) is 11.5 Å². The van der Waals surface area contributed by atoms with Crippen LogP contribution in [0.15, 0.2) is 54.6 Å². The maximum Gasteiger partial charge on any atom is 0.217 e. The first kappa shape index (κ1) is 12.9. The zero-order valence-electron chi connectivity index (χ0n) is 11.0. The van der Waals surface area contributed by atoms with Crippen molar-refractivity contribution >= 4 is 13.5 Å². The minimum absolute atomic E-state index is 0.853. The molecule has 0 heterocycles. The summed E-state index contributed by atoms with van der Waals surface area (Å²) in [7, 11) is -0.00723. The van der Waals surface area contributed by atoms with Crippen molar-refractivity contribution in [1.82, 2.24) is 0 Å². The Balaban J connectivity index is 2.23. The van der Waals surface area contributed by atoms with Crippen LogP contribution in [0.1, 0.15) is 0 Å². The number of ether oxygens (including phenoxy) is 1. The summed E-state index contributed by atoms with van der Waals surface area (Å²) in [5.41, 5.74) is 0. The third-order valence-corrected chi connectivity index (χ3v) is 5.74. The second kappa shape index (κ2) is 5.37. The number of benzene rings is 2. The molecule has 0 spiro atoms. The molecule has 2 aromatic carbocycles. The van der Waals surface area contributed by atoms with Crippen molar-refractivity contribution in [2.45, 2.75) is 13.1 Å². The van der Waals surface area contributed by atoms with E-state index in [0.29, 0.717) is 0 Å². The molecule has 0 fully saturated rings. The maximum atomic E-state index is 5.83. The van der Waals surface area contributed by atoms with Gasteiger partial charge in [-0.1, -0.05) is 30.3 Å². The lowest BCUT2D eigenvalue weighted by Gasteiger charge is -2.21. The summed E-state index contributed by atoms with van der Waals surface area (Å²) in [4.78, 5) is 0. The van der Waals surface area contributed by atoms with Crippen molar-refractivity contribution in [2.75, 3.05) is 7.11 Å². The Kier molecular flexibility index (Phi) is 3.84. The normalized spacial score (nSPS) is 11.3. The van der Waals surface area contributed by atoms with Crippen LogP contribution in [0, 0.1) is 0 Å². The van der Waals surface area contributed by atoms with E-state index in [-0.39, 0.29) is 0 Å². The Bertz CT molecular complexity index is 509. The zero-order chi connectivity index (χ0) is 13.0. The van der Waals surface area contributed by atoms with Crippen molar-refractivity contribution in [1.29, 1.82) is 0 Å². The molecule has 2 nitrogen and oxygen atoms in total. The summed E-state index contributed by atoms with van der Waals surface area (Å²) in [6.45, 7) is 4.35. The van der Waals surface area contributed by atoms with E-state index in [1.54, 1.807) is 7.11 Å². The molecule has 0 atom stereocenters. The van der Waals surface area contributed by atoms with Crippen LogP contribution in [-0.4, -0.2) is 15.4 Å². The van der Waals surface area contributed by atoms with E-state index >= 15 is 0 Å². The van der Waals surface area contributed by atoms with Crippen LogP contribution in [0.4, 0.5) is 0 Å². The Morgan fingerprint density at radius 1 is 0.833 bits per heavy atom. The van der Waals surface area contributed by atoms with E-state index in [1.807, 2.05) is 42.5 Å². The number of rotatable bonds is 4. The minimum atomic E-state index is -1.78.